The summed E-state index contributed by atoms with van der Waals surface area (Å²) >= 11 is 0. The standard InChI is InChI=1S/C6H8N2O2/c1-3-7-5(9)6(10)8-4-2/h3-4H,1-2H3. The number of nitrogens with zero attached hydrogens (tertiary/aromatic N) is 2. The molecule has 4 nitrogen and oxygen atoms in total. The largest absolute Gasteiger partial charge is 0.336 e. The molecule has 0 atom stereocenters. The molecule has 0 aliphatic rings. The number of aliphatic imine (C=N–C) groups is 2. The summed E-state index contributed by atoms with van der Waals surface area (Å²) in [7, 11) is 0. The molecule has 0 aromatic rings. The van der Waals surface area contributed by atoms with Crippen LogP contribution in [0.15, 0.2) is 9.98 Å². The SMILES string of the molecule is CC=NC(=O)C(=O)N=CC. The van der Waals surface area contributed by atoms with Gasteiger partial charge < -0.3 is 0 Å². The fraction of sp³-hybridized carbons (Fsp3) is 0.333. The Hall–Kier alpha value is -1.32. The zero-order valence-corrected chi connectivity index (χ0v) is 5.87. The van der Waals surface area contributed by atoms with Gasteiger partial charge in [0.25, 0.3) is 0 Å². The zero-order valence-electron chi connectivity index (χ0n) is 5.87. The predicted molar refractivity (Wildman–Crippen MR) is 38.3 cm³/mol. The molecule has 0 radical (unpaired) electrons. The first-order valence-electron chi connectivity index (χ1n) is 2.78. The van der Waals surface area contributed by atoms with Crippen molar-refractivity contribution < 1.29 is 9.59 Å². The lowest BCUT2D eigenvalue weighted by Gasteiger charge is -1.82. The van der Waals surface area contributed by atoms with Crippen molar-refractivity contribution in [3.05, 3.63) is 0 Å². The Morgan fingerprint density at radius 3 is 1.50 bits per heavy atom. The van der Waals surface area contributed by atoms with Gasteiger partial charge in [0.2, 0.25) is 0 Å². The molecule has 0 bridgehead atoms. The van der Waals surface area contributed by atoms with E-state index in [2.05, 4.69) is 9.98 Å². The van der Waals surface area contributed by atoms with E-state index in [1.54, 1.807) is 13.8 Å². The summed E-state index contributed by atoms with van der Waals surface area (Å²) in [6, 6.07) is 0. The molecular weight excluding hydrogens is 132 g/mol. The summed E-state index contributed by atoms with van der Waals surface area (Å²) in [4.78, 5) is 27.4. The van der Waals surface area contributed by atoms with E-state index >= 15 is 0 Å². The van der Waals surface area contributed by atoms with Gasteiger partial charge in [-0.25, -0.2) is 9.98 Å². The molecule has 2 amide bonds. The van der Waals surface area contributed by atoms with Crippen molar-refractivity contribution in [1.29, 1.82) is 0 Å². The average Bonchev–Trinajstić information content (AvgIpc) is 1.89. The fourth-order valence-electron chi connectivity index (χ4n) is 0.345. The van der Waals surface area contributed by atoms with Crippen molar-refractivity contribution in [2.24, 2.45) is 9.98 Å². The van der Waals surface area contributed by atoms with E-state index in [4.69, 9.17) is 0 Å². The van der Waals surface area contributed by atoms with Crippen LogP contribution in [-0.2, 0) is 9.59 Å². The Bertz CT molecular complexity index is 172. The van der Waals surface area contributed by atoms with E-state index in [1.165, 1.54) is 12.4 Å². The van der Waals surface area contributed by atoms with Crippen LogP contribution < -0.4 is 0 Å². The Morgan fingerprint density at radius 2 is 1.30 bits per heavy atom. The minimum Gasteiger partial charge on any atom is -0.261 e. The van der Waals surface area contributed by atoms with Gasteiger partial charge in [-0.05, 0) is 13.8 Å². The molecular formula is C6H8N2O2. The first kappa shape index (κ1) is 8.68. The molecule has 54 valence electrons. The summed E-state index contributed by atoms with van der Waals surface area (Å²) in [6.45, 7) is 3.11. The number of hydrogen-bond donors (Lipinski definition) is 0. The number of rotatable bonds is 0. The van der Waals surface area contributed by atoms with Crippen molar-refractivity contribution in [2.45, 2.75) is 13.8 Å². The van der Waals surface area contributed by atoms with Crippen LogP contribution in [0, 0.1) is 0 Å². The lowest BCUT2D eigenvalue weighted by atomic mass is 10.6. The molecule has 0 rings (SSSR count). The van der Waals surface area contributed by atoms with Gasteiger partial charge >= 0.3 is 11.8 Å². The van der Waals surface area contributed by atoms with Crippen molar-refractivity contribution in [3.63, 3.8) is 0 Å². The van der Waals surface area contributed by atoms with E-state index in [0.717, 1.165) is 0 Å². The van der Waals surface area contributed by atoms with Crippen molar-refractivity contribution in [1.82, 2.24) is 0 Å². The van der Waals surface area contributed by atoms with Crippen LogP contribution in [0.2, 0.25) is 0 Å². The molecule has 0 saturated carbocycles. The van der Waals surface area contributed by atoms with Gasteiger partial charge in [0.05, 0.1) is 0 Å². The lowest BCUT2D eigenvalue weighted by Crippen LogP contribution is -2.07. The number of carbonyl (C=O) groups excluding carboxylic acids is 2. The molecule has 10 heavy (non-hydrogen) atoms. The van der Waals surface area contributed by atoms with Gasteiger partial charge in [-0.3, -0.25) is 9.59 Å². The molecule has 0 aliphatic carbocycles. The maximum Gasteiger partial charge on any atom is 0.336 e. The summed E-state index contributed by atoms with van der Waals surface area (Å²) in [5.41, 5.74) is 0. The van der Waals surface area contributed by atoms with Gasteiger partial charge in [0.1, 0.15) is 0 Å². The molecule has 0 N–H and O–H groups in total. The molecule has 0 aliphatic heterocycles. The van der Waals surface area contributed by atoms with Crippen LogP contribution >= 0.6 is 0 Å². The molecule has 0 spiro atoms. The van der Waals surface area contributed by atoms with E-state index in [0.29, 0.717) is 0 Å². The maximum atomic E-state index is 10.5. The second-order valence-corrected chi connectivity index (χ2v) is 1.38. The smallest absolute Gasteiger partial charge is 0.261 e. The van der Waals surface area contributed by atoms with Crippen molar-refractivity contribution in [3.8, 4) is 0 Å². The van der Waals surface area contributed by atoms with Crippen LogP contribution in [0.3, 0.4) is 0 Å². The third-order valence-electron chi connectivity index (χ3n) is 0.676. The van der Waals surface area contributed by atoms with Gasteiger partial charge in [-0.2, -0.15) is 0 Å². The van der Waals surface area contributed by atoms with Crippen LogP contribution in [0.4, 0.5) is 0 Å². The van der Waals surface area contributed by atoms with Crippen molar-refractivity contribution >= 4 is 24.2 Å². The average molecular weight is 140 g/mol. The molecule has 0 unspecified atom stereocenters. The number of amides is 2. The van der Waals surface area contributed by atoms with E-state index < -0.39 is 11.8 Å². The summed E-state index contributed by atoms with van der Waals surface area (Å²) < 4.78 is 0. The molecule has 0 saturated heterocycles. The quantitative estimate of drug-likeness (QED) is 0.357. The van der Waals surface area contributed by atoms with E-state index in [9.17, 15) is 9.59 Å². The first-order chi connectivity index (χ1) is 4.72. The second-order valence-electron chi connectivity index (χ2n) is 1.38. The number of hydrogen-bond acceptors (Lipinski definition) is 2. The third kappa shape index (κ3) is 2.86. The van der Waals surface area contributed by atoms with Gasteiger partial charge in [-0.15, -0.1) is 0 Å². The van der Waals surface area contributed by atoms with Crippen LogP contribution in [0.5, 0.6) is 0 Å². The second kappa shape index (κ2) is 4.55. The van der Waals surface area contributed by atoms with Crippen LogP contribution in [-0.4, -0.2) is 24.2 Å². The van der Waals surface area contributed by atoms with Gasteiger partial charge in [0, 0.05) is 12.4 Å². The molecule has 0 fully saturated rings. The fourth-order valence-corrected chi connectivity index (χ4v) is 0.345. The highest BCUT2D eigenvalue weighted by Gasteiger charge is 2.06. The summed E-state index contributed by atoms with van der Waals surface area (Å²) in [6.07, 6.45) is 2.51. The van der Waals surface area contributed by atoms with Crippen LogP contribution in [0.25, 0.3) is 0 Å². The highest BCUT2D eigenvalue weighted by molar-refractivity contribution is 6.37. The monoisotopic (exact) mass is 140 g/mol. The predicted octanol–water partition coefficient (Wildman–Crippen LogP) is 0.221. The number of carbonyl (C=O) groups is 2. The third-order valence-corrected chi connectivity index (χ3v) is 0.676. The maximum absolute atomic E-state index is 10.5. The Balaban J connectivity index is 4.09. The Morgan fingerprint density at radius 1 is 1.00 bits per heavy atom. The van der Waals surface area contributed by atoms with Gasteiger partial charge in [0.15, 0.2) is 0 Å². The minimum atomic E-state index is -0.833. The van der Waals surface area contributed by atoms with E-state index in [-0.39, 0.29) is 0 Å². The van der Waals surface area contributed by atoms with Crippen LogP contribution in [0.1, 0.15) is 13.8 Å². The highest BCUT2D eigenvalue weighted by atomic mass is 16.2. The molecule has 0 aromatic carbocycles. The normalized spacial score (nSPS) is 11.0. The zero-order chi connectivity index (χ0) is 7.98. The lowest BCUT2D eigenvalue weighted by molar-refractivity contribution is -0.134. The minimum absolute atomic E-state index is 0.833. The Labute approximate surface area is 58.7 Å². The molecule has 4 heteroatoms. The first-order valence-corrected chi connectivity index (χ1v) is 2.78. The highest BCUT2D eigenvalue weighted by Crippen LogP contribution is 1.78. The van der Waals surface area contributed by atoms with Gasteiger partial charge in [-0.1, -0.05) is 0 Å². The van der Waals surface area contributed by atoms with Crippen molar-refractivity contribution in [2.75, 3.05) is 0 Å². The molecule has 0 heterocycles. The summed E-state index contributed by atoms with van der Waals surface area (Å²) in [5.74, 6) is -1.67. The molecule has 0 aromatic heterocycles. The van der Waals surface area contributed by atoms with E-state index in [1.807, 2.05) is 0 Å². The summed E-state index contributed by atoms with van der Waals surface area (Å²) in [5, 5.41) is 0. The topological polar surface area (TPSA) is 58.9 Å². The Kier molecular flexibility index (Phi) is 3.95.